The van der Waals surface area contributed by atoms with E-state index in [-0.39, 0.29) is 5.75 Å². The number of sulfonamides is 1. The van der Waals surface area contributed by atoms with Crippen LogP contribution in [0.4, 0.5) is 11.4 Å². The molecule has 0 atom stereocenters. The normalized spacial score (nSPS) is 11.6. The molecule has 2 aromatic rings. The molecule has 7 heteroatoms. The summed E-state index contributed by atoms with van der Waals surface area (Å²) in [7, 11) is -3.40. The van der Waals surface area contributed by atoms with E-state index >= 15 is 0 Å². The third-order valence-electron chi connectivity index (χ3n) is 2.72. The minimum atomic E-state index is -3.40. The van der Waals surface area contributed by atoms with Gasteiger partial charge >= 0.3 is 0 Å². The highest BCUT2D eigenvalue weighted by Crippen LogP contribution is 2.25. The number of nitrogens with zero attached hydrogens (tertiary/aromatic N) is 1. The predicted molar refractivity (Wildman–Crippen MR) is 77.2 cm³/mol. The minimum absolute atomic E-state index is 0.0413. The van der Waals surface area contributed by atoms with Crippen molar-refractivity contribution in [2.24, 2.45) is 5.14 Å². The van der Waals surface area contributed by atoms with Gasteiger partial charge in [-0.2, -0.15) is 0 Å². The first-order valence-electron chi connectivity index (χ1n) is 5.85. The Balaban J connectivity index is 2.11. The number of anilines is 2. The maximum atomic E-state index is 10.8. The Labute approximate surface area is 111 Å². The molecule has 19 heavy (non-hydrogen) atoms. The zero-order chi connectivity index (χ0) is 13.9. The second-order valence-corrected chi connectivity index (χ2v) is 5.98. The summed E-state index contributed by atoms with van der Waals surface area (Å²) in [6, 6.07) is 7.35. The summed E-state index contributed by atoms with van der Waals surface area (Å²) in [4.78, 5) is 4.28. The number of hydrogen-bond donors (Lipinski definition) is 3. The third kappa shape index (κ3) is 3.55. The topological polar surface area (TPSA) is 111 Å². The summed E-state index contributed by atoms with van der Waals surface area (Å²) in [6.07, 6.45) is 2.13. The fourth-order valence-corrected chi connectivity index (χ4v) is 2.38. The lowest BCUT2D eigenvalue weighted by Gasteiger charge is -2.10. The minimum Gasteiger partial charge on any atom is -0.398 e. The summed E-state index contributed by atoms with van der Waals surface area (Å²) in [6.45, 7) is 0.506. The maximum absolute atomic E-state index is 10.8. The van der Waals surface area contributed by atoms with E-state index in [1.165, 1.54) is 0 Å². The van der Waals surface area contributed by atoms with Crippen LogP contribution < -0.4 is 16.2 Å². The summed E-state index contributed by atoms with van der Waals surface area (Å²) < 4.78 is 21.6. The number of fused-ring (bicyclic) bond motifs is 1. The van der Waals surface area contributed by atoms with Gasteiger partial charge in [0.2, 0.25) is 10.0 Å². The van der Waals surface area contributed by atoms with Crippen LogP contribution in [0.3, 0.4) is 0 Å². The molecule has 6 nitrogen and oxygen atoms in total. The largest absolute Gasteiger partial charge is 0.398 e. The number of aromatic nitrogens is 1. The standard InChI is InChI=1S/C12H16N4O2S/c13-10-4-5-11(12-9(10)3-1-6-16-12)15-7-2-8-19(14,17)18/h1,3-6,15H,2,7-8,13H2,(H2,14,17,18). The van der Waals surface area contributed by atoms with Crippen LogP contribution in [0.2, 0.25) is 0 Å². The van der Waals surface area contributed by atoms with E-state index in [4.69, 9.17) is 10.9 Å². The van der Waals surface area contributed by atoms with Crippen molar-refractivity contribution in [2.75, 3.05) is 23.3 Å². The summed E-state index contributed by atoms with van der Waals surface area (Å²) in [5.41, 5.74) is 8.15. The van der Waals surface area contributed by atoms with Crippen molar-refractivity contribution in [1.29, 1.82) is 0 Å². The van der Waals surface area contributed by atoms with Crippen LogP contribution in [0.1, 0.15) is 6.42 Å². The predicted octanol–water partition coefficient (Wildman–Crippen LogP) is 0.908. The van der Waals surface area contributed by atoms with Gasteiger partial charge in [0, 0.05) is 23.8 Å². The Bertz CT molecular complexity index is 685. The lowest BCUT2D eigenvalue weighted by molar-refractivity contribution is 0.596. The highest BCUT2D eigenvalue weighted by Gasteiger charge is 2.05. The van der Waals surface area contributed by atoms with E-state index in [1.807, 2.05) is 18.2 Å². The Hall–Kier alpha value is -1.86. The first kappa shape index (κ1) is 13.6. The lowest BCUT2D eigenvalue weighted by Crippen LogP contribution is -2.18. The van der Waals surface area contributed by atoms with Crippen LogP contribution in [0.15, 0.2) is 30.5 Å². The highest BCUT2D eigenvalue weighted by atomic mass is 32.2. The molecule has 1 aromatic carbocycles. The molecule has 0 bridgehead atoms. The lowest BCUT2D eigenvalue weighted by atomic mass is 10.1. The monoisotopic (exact) mass is 280 g/mol. The summed E-state index contributed by atoms with van der Waals surface area (Å²) in [5.74, 6) is -0.0413. The van der Waals surface area contributed by atoms with Gasteiger partial charge < -0.3 is 11.1 Å². The van der Waals surface area contributed by atoms with Crippen LogP contribution in [-0.4, -0.2) is 25.7 Å². The van der Waals surface area contributed by atoms with Gasteiger partial charge in [-0.15, -0.1) is 0 Å². The third-order valence-corrected chi connectivity index (χ3v) is 3.58. The van der Waals surface area contributed by atoms with E-state index in [9.17, 15) is 8.42 Å². The second kappa shape index (κ2) is 5.41. The molecule has 0 aliphatic heterocycles. The smallest absolute Gasteiger partial charge is 0.209 e. The SMILES string of the molecule is Nc1ccc(NCCCS(N)(=O)=O)c2ncccc12. The Morgan fingerprint density at radius 2 is 2.05 bits per heavy atom. The number of nitrogens with one attached hydrogen (secondary N) is 1. The van der Waals surface area contributed by atoms with Crippen molar-refractivity contribution >= 4 is 32.3 Å². The zero-order valence-corrected chi connectivity index (χ0v) is 11.2. The fourth-order valence-electron chi connectivity index (χ4n) is 1.83. The van der Waals surface area contributed by atoms with Crippen molar-refractivity contribution < 1.29 is 8.42 Å². The number of nitrogens with two attached hydrogens (primary N) is 2. The molecule has 0 amide bonds. The number of rotatable bonds is 5. The van der Waals surface area contributed by atoms with Crippen LogP contribution in [0.5, 0.6) is 0 Å². The number of pyridine rings is 1. The van der Waals surface area contributed by atoms with E-state index in [2.05, 4.69) is 10.3 Å². The van der Waals surface area contributed by atoms with E-state index in [1.54, 1.807) is 12.3 Å². The van der Waals surface area contributed by atoms with E-state index in [0.717, 1.165) is 16.6 Å². The van der Waals surface area contributed by atoms with Crippen LogP contribution in [0.25, 0.3) is 10.9 Å². The molecule has 0 saturated carbocycles. The molecular formula is C12H16N4O2S. The molecule has 1 aromatic heterocycles. The van der Waals surface area contributed by atoms with Crippen molar-refractivity contribution in [3.63, 3.8) is 0 Å². The van der Waals surface area contributed by atoms with Crippen molar-refractivity contribution in [2.45, 2.75) is 6.42 Å². The Kier molecular flexibility index (Phi) is 3.87. The average Bonchev–Trinajstić information content (AvgIpc) is 2.36. The molecule has 1 heterocycles. The van der Waals surface area contributed by atoms with Gasteiger partial charge in [-0.1, -0.05) is 0 Å². The van der Waals surface area contributed by atoms with E-state index in [0.29, 0.717) is 18.7 Å². The summed E-state index contributed by atoms with van der Waals surface area (Å²) >= 11 is 0. The Morgan fingerprint density at radius 1 is 1.26 bits per heavy atom. The average molecular weight is 280 g/mol. The second-order valence-electron chi connectivity index (χ2n) is 4.25. The molecular weight excluding hydrogens is 264 g/mol. The quantitative estimate of drug-likeness (QED) is 0.557. The van der Waals surface area contributed by atoms with Crippen LogP contribution in [0, 0.1) is 0 Å². The molecule has 0 fully saturated rings. The molecule has 5 N–H and O–H groups in total. The van der Waals surface area contributed by atoms with Crippen molar-refractivity contribution in [1.82, 2.24) is 4.98 Å². The maximum Gasteiger partial charge on any atom is 0.209 e. The van der Waals surface area contributed by atoms with E-state index < -0.39 is 10.0 Å². The molecule has 0 aliphatic carbocycles. The molecule has 102 valence electrons. The number of nitrogen functional groups attached to an aromatic ring is 1. The van der Waals surface area contributed by atoms with Crippen molar-refractivity contribution in [3.8, 4) is 0 Å². The van der Waals surface area contributed by atoms with Crippen molar-refractivity contribution in [3.05, 3.63) is 30.5 Å². The van der Waals surface area contributed by atoms with Gasteiger partial charge in [-0.25, -0.2) is 13.6 Å². The highest BCUT2D eigenvalue weighted by molar-refractivity contribution is 7.89. The van der Waals surface area contributed by atoms with Gasteiger partial charge in [0.15, 0.2) is 0 Å². The van der Waals surface area contributed by atoms with Gasteiger partial charge in [0.1, 0.15) is 0 Å². The fraction of sp³-hybridized carbons (Fsp3) is 0.250. The van der Waals surface area contributed by atoms with Crippen LogP contribution >= 0.6 is 0 Å². The zero-order valence-electron chi connectivity index (χ0n) is 10.3. The van der Waals surface area contributed by atoms with Gasteiger partial charge in [-0.3, -0.25) is 4.98 Å². The molecule has 0 radical (unpaired) electrons. The Morgan fingerprint density at radius 3 is 2.79 bits per heavy atom. The van der Waals surface area contributed by atoms with Gasteiger partial charge in [0.05, 0.1) is 17.0 Å². The van der Waals surface area contributed by atoms with Gasteiger partial charge in [-0.05, 0) is 30.7 Å². The van der Waals surface area contributed by atoms with Crippen LogP contribution in [-0.2, 0) is 10.0 Å². The number of benzene rings is 1. The number of primary sulfonamides is 1. The molecule has 0 spiro atoms. The molecule has 0 saturated heterocycles. The van der Waals surface area contributed by atoms with Gasteiger partial charge in [0.25, 0.3) is 0 Å². The molecule has 2 rings (SSSR count). The summed E-state index contributed by atoms with van der Waals surface area (Å²) in [5, 5.41) is 8.96. The number of hydrogen-bond acceptors (Lipinski definition) is 5. The first-order chi connectivity index (χ1) is 8.97. The molecule has 0 aliphatic rings. The first-order valence-corrected chi connectivity index (χ1v) is 7.56. The molecule has 0 unspecified atom stereocenters.